The molecular formula is C19H21ClN2O4. The predicted molar refractivity (Wildman–Crippen MR) is 99.7 cm³/mol. The first-order valence-electron chi connectivity index (χ1n) is 8.05. The zero-order chi connectivity index (χ0) is 18.9. The highest BCUT2D eigenvalue weighted by Gasteiger charge is 2.13. The lowest BCUT2D eigenvalue weighted by atomic mass is 10.1. The highest BCUT2D eigenvalue weighted by Crippen LogP contribution is 2.20. The Bertz CT molecular complexity index is 780. The average Bonchev–Trinajstić information content (AvgIpc) is 2.65. The highest BCUT2D eigenvalue weighted by atomic mass is 35.5. The third kappa shape index (κ3) is 5.67. The summed E-state index contributed by atoms with van der Waals surface area (Å²) in [5.74, 6) is -0.0683. The van der Waals surface area contributed by atoms with Crippen LogP contribution in [-0.4, -0.2) is 32.8 Å². The number of rotatable bonds is 7. The fraction of sp³-hybridized carbons (Fsp3) is 0.263. The van der Waals surface area contributed by atoms with E-state index in [0.29, 0.717) is 29.3 Å². The molecule has 0 spiro atoms. The van der Waals surface area contributed by atoms with Gasteiger partial charge in [0.15, 0.2) is 0 Å². The van der Waals surface area contributed by atoms with Crippen LogP contribution in [0.2, 0.25) is 5.02 Å². The second-order valence-electron chi connectivity index (χ2n) is 5.52. The highest BCUT2D eigenvalue weighted by molar-refractivity contribution is 6.30. The van der Waals surface area contributed by atoms with Crippen LogP contribution in [0, 0.1) is 0 Å². The largest absolute Gasteiger partial charge is 0.496 e. The van der Waals surface area contributed by atoms with Crippen molar-refractivity contribution in [2.45, 2.75) is 13.0 Å². The molecule has 2 amide bonds. The lowest BCUT2D eigenvalue weighted by Crippen LogP contribution is -2.36. The second-order valence-corrected chi connectivity index (χ2v) is 5.95. The van der Waals surface area contributed by atoms with Crippen LogP contribution in [0.1, 0.15) is 21.5 Å². The Hall–Kier alpha value is -2.73. The molecule has 2 aromatic rings. The summed E-state index contributed by atoms with van der Waals surface area (Å²) in [6.45, 7) is 0.763. The van der Waals surface area contributed by atoms with Gasteiger partial charge in [-0.25, -0.2) is 9.59 Å². The molecule has 2 rings (SSSR count). The van der Waals surface area contributed by atoms with Gasteiger partial charge in [0.25, 0.3) is 0 Å². The van der Waals surface area contributed by atoms with E-state index < -0.39 is 5.97 Å². The fourth-order valence-electron chi connectivity index (χ4n) is 2.39. The molecule has 7 heteroatoms. The molecule has 0 atom stereocenters. The lowest BCUT2D eigenvalue weighted by Gasteiger charge is -2.11. The third-order valence-corrected chi connectivity index (χ3v) is 3.95. The van der Waals surface area contributed by atoms with Crippen LogP contribution >= 0.6 is 11.6 Å². The van der Waals surface area contributed by atoms with Crippen LogP contribution < -0.4 is 15.4 Å². The topological polar surface area (TPSA) is 76.7 Å². The van der Waals surface area contributed by atoms with Crippen molar-refractivity contribution in [2.75, 3.05) is 20.8 Å². The van der Waals surface area contributed by atoms with Gasteiger partial charge in [-0.1, -0.05) is 29.8 Å². The number of nitrogens with one attached hydrogen (secondary N) is 2. The first kappa shape index (κ1) is 19.6. The number of hydrogen-bond acceptors (Lipinski definition) is 4. The third-order valence-electron chi connectivity index (χ3n) is 3.71. The number of carbonyl (C=O) groups excluding carboxylic acids is 2. The lowest BCUT2D eigenvalue weighted by molar-refractivity contribution is 0.0597. The number of urea groups is 1. The molecule has 2 N–H and O–H groups in total. The summed E-state index contributed by atoms with van der Waals surface area (Å²) in [5, 5.41) is 6.21. The van der Waals surface area contributed by atoms with Gasteiger partial charge in [0.2, 0.25) is 0 Å². The average molecular weight is 377 g/mol. The molecule has 0 aliphatic heterocycles. The van der Waals surface area contributed by atoms with E-state index in [0.717, 1.165) is 11.1 Å². The molecule has 0 aliphatic rings. The maximum Gasteiger partial charge on any atom is 0.341 e. The standard InChI is InChI=1S/C19H21ClN2O4/c1-25-17-7-6-14(11-16(17)18(23)26-2)12-22-19(24)21-9-8-13-4-3-5-15(20)10-13/h3-7,10-11H,8-9,12H2,1-2H3,(H2,21,22,24). The van der Waals surface area contributed by atoms with Crippen molar-refractivity contribution in [3.8, 4) is 5.75 Å². The summed E-state index contributed by atoms with van der Waals surface area (Å²) in [7, 11) is 2.78. The van der Waals surface area contributed by atoms with Gasteiger partial charge in [0, 0.05) is 18.1 Å². The van der Waals surface area contributed by atoms with Crippen molar-refractivity contribution in [2.24, 2.45) is 0 Å². The summed E-state index contributed by atoms with van der Waals surface area (Å²) < 4.78 is 9.88. The molecule has 26 heavy (non-hydrogen) atoms. The van der Waals surface area contributed by atoms with Gasteiger partial charge in [-0.15, -0.1) is 0 Å². The van der Waals surface area contributed by atoms with E-state index in [4.69, 9.17) is 21.1 Å². The Kier molecular flexibility index (Phi) is 7.29. The van der Waals surface area contributed by atoms with Crippen molar-refractivity contribution < 1.29 is 19.1 Å². The molecule has 6 nitrogen and oxygen atoms in total. The Morgan fingerprint density at radius 2 is 1.85 bits per heavy atom. The summed E-state index contributed by atoms with van der Waals surface area (Å²) in [4.78, 5) is 23.7. The number of amides is 2. The van der Waals surface area contributed by atoms with E-state index in [1.54, 1.807) is 18.2 Å². The number of benzene rings is 2. The molecular weight excluding hydrogens is 356 g/mol. The van der Waals surface area contributed by atoms with Crippen LogP contribution in [0.4, 0.5) is 4.79 Å². The maximum atomic E-state index is 11.9. The van der Waals surface area contributed by atoms with Gasteiger partial charge in [0.1, 0.15) is 11.3 Å². The van der Waals surface area contributed by atoms with Crippen molar-refractivity contribution in [1.29, 1.82) is 0 Å². The Morgan fingerprint density at radius 3 is 2.54 bits per heavy atom. The van der Waals surface area contributed by atoms with Crippen LogP contribution in [0.5, 0.6) is 5.75 Å². The molecule has 0 radical (unpaired) electrons. The van der Waals surface area contributed by atoms with Gasteiger partial charge < -0.3 is 20.1 Å². The number of esters is 1. The summed E-state index contributed by atoms with van der Waals surface area (Å²) >= 11 is 5.93. The zero-order valence-corrected chi connectivity index (χ0v) is 15.4. The van der Waals surface area contributed by atoms with E-state index >= 15 is 0 Å². The minimum Gasteiger partial charge on any atom is -0.496 e. The second kappa shape index (κ2) is 9.68. The Balaban J connectivity index is 1.84. The SMILES string of the molecule is COC(=O)c1cc(CNC(=O)NCCc2cccc(Cl)c2)ccc1OC. The van der Waals surface area contributed by atoms with E-state index in [9.17, 15) is 9.59 Å². The zero-order valence-electron chi connectivity index (χ0n) is 14.7. The fourth-order valence-corrected chi connectivity index (χ4v) is 2.61. The Morgan fingerprint density at radius 1 is 1.04 bits per heavy atom. The molecule has 0 saturated carbocycles. The van der Waals surface area contributed by atoms with Crippen LogP contribution in [-0.2, 0) is 17.7 Å². The molecule has 0 bridgehead atoms. The quantitative estimate of drug-likeness (QED) is 0.728. The van der Waals surface area contributed by atoms with Gasteiger partial charge >= 0.3 is 12.0 Å². The van der Waals surface area contributed by atoms with Crippen molar-refractivity contribution in [3.05, 3.63) is 64.2 Å². The monoisotopic (exact) mass is 376 g/mol. The van der Waals surface area contributed by atoms with Crippen LogP contribution in [0.3, 0.4) is 0 Å². The Labute approximate surface area is 157 Å². The number of hydrogen-bond donors (Lipinski definition) is 2. The number of ether oxygens (including phenoxy) is 2. The molecule has 0 aliphatic carbocycles. The number of halogens is 1. The molecule has 0 aromatic heterocycles. The van der Waals surface area contributed by atoms with Gasteiger partial charge in [0.05, 0.1) is 14.2 Å². The van der Waals surface area contributed by atoms with Crippen molar-refractivity contribution in [3.63, 3.8) is 0 Å². The van der Waals surface area contributed by atoms with Crippen molar-refractivity contribution in [1.82, 2.24) is 10.6 Å². The summed E-state index contributed by atoms with van der Waals surface area (Å²) in [5.41, 5.74) is 2.13. The minimum atomic E-state index is -0.491. The minimum absolute atomic E-state index is 0.275. The smallest absolute Gasteiger partial charge is 0.341 e. The van der Waals surface area contributed by atoms with Crippen LogP contribution in [0.25, 0.3) is 0 Å². The number of carbonyl (C=O) groups is 2. The summed E-state index contributed by atoms with van der Waals surface area (Å²) in [6.07, 6.45) is 0.684. The van der Waals surface area contributed by atoms with E-state index in [-0.39, 0.29) is 12.6 Å². The van der Waals surface area contributed by atoms with E-state index in [2.05, 4.69) is 10.6 Å². The predicted octanol–water partition coefficient (Wildman–Crippen LogP) is 3.18. The first-order valence-corrected chi connectivity index (χ1v) is 8.42. The molecule has 0 unspecified atom stereocenters. The van der Waals surface area contributed by atoms with E-state index in [1.807, 2.05) is 24.3 Å². The molecule has 0 fully saturated rings. The van der Waals surface area contributed by atoms with Gasteiger partial charge in [-0.2, -0.15) is 0 Å². The van der Waals surface area contributed by atoms with Gasteiger partial charge in [-0.05, 0) is 41.8 Å². The normalized spacial score (nSPS) is 10.1. The molecule has 0 heterocycles. The van der Waals surface area contributed by atoms with Gasteiger partial charge in [-0.3, -0.25) is 0 Å². The van der Waals surface area contributed by atoms with E-state index in [1.165, 1.54) is 14.2 Å². The molecule has 2 aromatic carbocycles. The summed E-state index contributed by atoms with van der Waals surface area (Å²) in [6, 6.07) is 12.3. The molecule has 138 valence electrons. The first-order chi connectivity index (χ1) is 12.5. The molecule has 0 saturated heterocycles. The van der Waals surface area contributed by atoms with Crippen LogP contribution in [0.15, 0.2) is 42.5 Å². The number of methoxy groups -OCH3 is 2. The van der Waals surface area contributed by atoms with Crippen molar-refractivity contribution >= 4 is 23.6 Å². The maximum absolute atomic E-state index is 11.9.